The maximum atomic E-state index is 5.74. The van der Waals surface area contributed by atoms with E-state index < -0.39 is 0 Å². The van der Waals surface area contributed by atoms with Crippen LogP contribution in [-0.4, -0.2) is 31.3 Å². The van der Waals surface area contributed by atoms with Crippen molar-refractivity contribution in [2.75, 3.05) is 13.7 Å². The molecule has 6 nitrogen and oxygen atoms in total. The van der Waals surface area contributed by atoms with Gasteiger partial charge in [0.15, 0.2) is 11.5 Å². The number of rotatable bonds is 6. The molecule has 2 N–H and O–H groups in total. The molecule has 23 heavy (non-hydrogen) atoms. The molecule has 1 aromatic carbocycles. The summed E-state index contributed by atoms with van der Waals surface area (Å²) in [6.45, 7) is 9.37. The standard InChI is InChI=1S/C16H25N3O3.ClH/c1-11-18-15(22-19-11)10-21-13-7-6-12(8-14(13)20-5)9-17-16(2,3)4;/h6-8,15,17H,9-10H2,1-5H3,(H,18,19);1H. The third kappa shape index (κ3) is 6.25. The molecule has 1 unspecified atom stereocenters. The summed E-state index contributed by atoms with van der Waals surface area (Å²) < 4.78 is 11.2. The van der Waals surface area contributed by atoms with Gasteiger partial charge in [-0.1, -0.05) is 6.07 Å². The van der Waals surface area contributed by atoms with Gasteiger partial charge in [-0.15, -0.1) is 12.4 Å². The van der Waals surface area contributed by atoms with E-state index in [2.05, 4.69) is 36.6 Å². The number of hydrogen-bond acceptors (Lipinski definition) is 6. The second kappa shape index (κ2) is 8.38. The molecule has 0 aliphatic carbocycles. The molecule has 1 aliphatic rings. The molecule has 0 saturated heterocycles. The summed E-state index contributed by atoms with van der Waals surface area (Å²) in [6.07, 6.45) is -0.327. The highest BCUT2D eigenvalue weighted by molar-refractivity contribution is 5.85. The van der Waals surface area contributed by atoms with Gasteiger partial charge in [0.1, 0.15) is 12.4 Å². The number of nitrogens with zero attached hydrogens (tertiary/aromatic N) is 1. The monoisotopic (exact) mass is 343 g/mol. The minimum Gasteiger partial charge on any atom is -0.493 e. The van der Waals surface area contributed by atoms with Crippen molar-refractivity contribution in [1.82, 2.24) is 10.8 Å². The minimum absolute atomic E-state index is 0. The number of benzene rings is 1. The molecule has 0 fully saturated rings. The van der Waals surface area contributed by atoms with E-state index in [0.29, 0.717) is 18.1 Å². The van der Waals surface area contributed by atoms with Crippen LogP contribution in [0.15, 0.2) is 23.2 Å². The van der Waals surface area contributed by atoms with E-state index in [0.717, 1.165) is 17.9 Å². The third-order valence-electron chi connectivity index (χ3n) is 3.11. The highest BCUT2D eigenvalue weighted by Crippen LogP contribution is 2.28. The molecule has 130 valence electrons. The third-order valence-corrected chi connectivity index (χ3v) is 3.11. The Morgan fingerprint density at radius 2 is 2.04 bits per heavy atom. The lowest BCUT2D eigenvalue weighted by Gasteiger charge is -2.21. The van der Waals surface area contributed by atoms with Gasteiger partial charge in [0.25, 0.3) is 0 Å². The van der Waals surface area contributed by atoms with Gasteiger partial charge in [-0.25, -0.2) is 9.83 Å². The topological polar surface area (TPSA) is 64.1 Å². The van der Waals surface area contributed by atoms with Gasteiger partial charge in [0, 0.05) is 12.1 Å². The van der Waals surface area contributed by atoms with Gasteiger partial charge in [-0.3, -0.25) is 5.48 Å². The number of halogens is 1. The predicted molar refractivity (Wildman–Crippen MR) is 93.4 cm³/mol. The van der Waals surface area contributed by atoms with Crippen LogP contribution in [0, 0.1) is 0 Å². The van der Waals surface area contributed by atoms with Crippen LogP contribution in [0.25, 0.3) is 0 Å². The van der Waals surface area contributed by atoms with Gasteiger partial charge in [0.05, 0.1) is 7.11 Å². The van der Waals surface area contributed by atoms with Crippen molar-refractivity contribution in [2.24, 2.45) is 4.99 Å². The first kappa shape index (κ1) is 19.5. The van der Waals surface area contributed by atoms with E-state index in [-0.39, 0.29) is 24.2 Å². The summed E-state index contributed by atoms with van der Waals surface area (Å²) >= 11 is 0. The fourth-order valence-electron chi connectivity index (χ4n) is 1.96. The predicted octanol–water partition coefficient (Wildman–Crippen LogP) is 2.66. The molecular weight excluding hydrogens is 318 g/mol. The van der Waals surface area contributed by atoms with E-state index in [9.17, 15) is 0 Å². The highest BCUT2D eigenvalue weighted by atomic mass is 35.5. The SMILES string of the molecule is COc1cc(CNC(C)(C)C)ccc1OCC1N=C(C)NO1.Cl. The average Bonchev–Trinajstić information content (AvgIpc) is 2.88. The van der Waals surface area contributed by atoms with E-state index in [1.807, 2.05) is 25.1 Å². The van der Waals surface area contributed by atoms with Crippen molar-refractivity contribution in [3.05, 3.63) is 23.8 Å². The Kier molecular flexibility index (Phi) is 7.12. The van der Waals surface area contributed by atoms with Gasteiger partial charge >= 0.3 is 0 Å². The molecule has 7 heteroatoms. The van der Waals surface area contributed by atoms with E-state index in [1.54, 1.807) is 7.11 Å². The van der Waals surface area contributed by atoms with Crippen molar-refractivity contribution >= 4 is 18.2 Å². The first-order valence-electron chi connectivity index (χ1n) is 7.38. The van der Waals surface area contributed by atoms with Crippen molar-refractivity contribution in [2.45, 2.75) is 46.0 Å². The Balaban J connectivity index is 0.00000264. The fraction of sp³-hybridized carbons (Fsp3) is 0.562. The summed E-state index contributed by atoms with van der Waals surface area (Å²) in [5.74, 6) is 2.15. The number of methoxy groups -OCH3 is 1. The van der Waals surface area contributed by atoms with Crippen molar-refractivity contribution in [3.8, 4) is 11.5 Å². The summed E-state index contributed by atoms with van der Waals surface area (Å²) in [5.41, 5.74) is 3.92. The van der Waals surface area contributed by atoms with E-state index >= 15 is 0 Å². The Bertz CT molecular complexity index is 544. The van der Waals surface area contributed by atoms with E-state index in [1.165, 1.54) is 0 Å². The smallest absolute Gasteiger partial charge is 0.210 e. The van der Waals surface area contributed by atoms with Gasteiger partial charge in [-0.05, 0) is 45.4 Å². The lowest BCUT2D eigenvalue weighted by Crippen LogP contribution is -2.35. The van der Waals surface area contributed by atoms with Crippen LogP contribution >= 0.6 is 12.4 Å². The highest BCUT2D eigenvalue weighted by Gasteiger charge is 2.17. The molecule has 1 aliphatic heterocycles. The number of aliphatic imine (C=N–C) groups is 1. The number of hydroxylamine groups is 1. The molecule has 1 heterocycles. The number of nitrogens with one attached hydrogen (secondary N) is 2. The largest absolute Gasteiger partial charge is 0.493 e. The second-order valence-electron chi connectivity index (χ2n) is 6.29. The first-order valence-corrected chi connectivity index (χ1v) is 7.38. The maximum absolute atomic E-state index is 5.74. The zero-order valence-corrected chi connectivity index (χ0v) is 15.1. The van der Waals surface area contributed by atoms with Crippen LogP contribution in [0.3, 0.4) is 0 Å². The molecule has 0 radical (unpaired) electrons. The number of ether oxygens (including phenoxy) is 2. The Morgan fingerprint density at radius 3 is 2.61 bits per heavy atom. The van der Waals surface area contributed by atoms with Gasteiger partial charge < -0.3 is 14.8 Å². The molecule has 2 rings (SSSR count). The Labute approximate surface area is 144 Å². The summed E-state index contributed by atoms with van der Waals surface area (Å²) in [7, 11) is 1.64. The molecule has 0 saturated carbocycles. The van der Waals surface area contributed by atoms with Crippen LogP contribution in [-0.2, 0) is 11.4 Å². The molecule has 0 spiro atoms. The van der Waals surface area contributed by atoms with Crippen molar-refractivity contribution < 1.29 is 14.3 Å². The van der Waals surface area contributed by atoms with Crippen molar-refractivity contribution in [3.63, 3.8) is 0 Å². The van der Waals surface area contributed by atoms with Crippen LogP contribution < -0.4 is 20.3 Å². The zero-order valence-electron chi connectivity index (χ0n) is 14.3. The quantitative estimate of drug-likeness (QED) is 0.831. The molecule has 1 atom stereocenters. The summed E-state index contributed by atoms with van der Waals surface area (Å²) in [6, 6.07) is 5.92. The van der Waals surface area contributed by atoms with Crippen LogP contribution in [0.4, 0.5) is 0 Å². The average molecular weight is 344 g/mol. The van der Waals surface area contributed by atoms with Crippen LogP contribution in [0.2, 0.25) is 0 Å². The molecule has 0 bridgehead atoms. The van der Waals surface area contributed by atoms with Crippen LogP contribution in [0.1, 0.15) is 33.3 Å². The van der Waals surface area contributed by atoms with Gasteiger partial charge in [0.2, 0.25) is 6.23 Å². The van der Waals surface area contributed by atoms with Crippen LogP contribution in [0.5, 0.6) is 11.5 Å². The lowest BCUT2D eigenvalue weighted by atomic mass is 10.1. The first-order chi connectivity index (χ1) is 10.4. The number of hydrogen-bond donors (Lipinski definition) is 2. The minimum atomic E-state index is -0.327. The van der Waals surface area contributed by atoms with Gasteiger partial charge in [-0.2, -0.15) is 0 Å². The zero-order chi connectivity index (χ0) is 16.2. The van der Waals surface area contributed by atoms with E-state index in [4.69, 9.17) is 14.3 Å². The maximum Gasteiger partial charge on any atom is 0.210 e. The summed E-state index contributed by atoms with van der Waals surface area (Å²) in [5, 5.41) is 3.45. The summed E-state index contributed by atoms with van der Waals surface area (Å²) in [4.78, 5) is 9.47. The Hall–Kier alpha value is -1.50. The Morgan fingerprint density at radius 1 is 1.30 bits per heavy atom. The second-order valence-corrected chi connectivity index (χ2v) is 6.29. The molecule has 1 aromatic rings. The fourth-order valence-corrected chi connectivity index (χ4v) is 1.96. The normalized spacial score (nSPS) is 17.1. The lowest BCUT2D eigenvalue weighted by molar-refractivity contribution is 0.00896. The molecular formula is C16H26ClN3O3. The molecule has 0 amide bonds. The molecule has 0 aromatic heterocycles. The number of amidine groups is 1. The van der Waals surface area contributed by atoms with Crippen molar-refractivity contribution in [1.29, 1.82) is 0 Å².